The molecule has 1 atom stereocenters. The van der Waals surface area contributed by atoms with E-state index in [1.807, 2.05) is 49.4 Å². The average molecular weight is 401 g/mol. The van der Waals surface area contributed by atoms with Gasteiger partial charge in [0.1, 0.15) is 0 Å². The number of rotatable bonds is 5. The molecule has 2 aromatic rings. The molecule has 5 heteroatoms. The van der Waals surface area contributed by atoms with Crippen molar-refractivity contribution in [3.63, 3.8) is 0 Å². The number of amides is 1. The lowest BCUT2D eigenvalue weighted by atomic mass is 9.97. The van der Waals surface area contributed by atoms with Gasteiger partial charge in [0.05, 0.1) is 0 Å². The molecule has 1 aliphatic rings. The van der Waals surface area contributed by atoms with Gasteiger partial charge in [0, 0.05) is 28.6 Å². The summed E-state index contributed by atoms with van der Waals surface area (Å²) in [5, 5.41) is 16.7. The Bertz CT molecular complexity index is 774. The molecule has 0 bridgehead atoms. The maximum absolute atomic E-state index is 12.7. The highest BCUT2D eigenvalue weighted by atomic mass is 79.9. The predicted octanol–water partition coefficient (Wildman–Crippen LogP) is 4.23. The smallest absolute Gasteiger partial charge is 0.245 e. The van der Waals surface area contributed by atoms with Gasteiger partial charge in [0.2, 0.25) is 5.91 Å². The molecule has 0 fully saturated rings. The maximum atomic E-state index is 12.7. The summed E-state index contributed by atoms with van der Waals surface area (Å²) in [6.07, 6.45) is 2.24. The third kappa shape index (κ3) is 3.99. The van der Waals surface area contributed by atoms with Crippen LogP contribution in [0.5, 0.6) is 0 Å². The molecule has 25 heavy (non-hydrogen) atoms. The normalized spacial score (nSPS) is 19.8. The van der Waals surface area contributed by atoms with Crippen molar-refractivity contribution in [3.05, 3.63) is 70.2 Å². The highest BCUT2D eigenvalue weighted by molar-refractivity contribution is 9.10. The van der Waals surface area contributed by atoms with E-state index in [-0.39, 0.29) is 5.91 Å². The van der Waals surface area contributed by atoms with Crippen LogP contribution >= 0.6 is 15.9 Å². The molecule has 1 N–H and O–H groups in total. The molecule has 0 radical (unpaired) electrons. The zero-order valence-corrected chi connectivity index (χ0v) is 15.7. The molecule has 0 aliphatic carbocycles. The summed E-state index contributed by atoms with van der Waals surface area (Å²) in [5.41, 5.74) is 1.24. The quantitative estimate of drug-likeness (QED) is 0.816. The summed E-state index contributed by atoms with van der Waals surface area (Å²) in [4.78, 5) is 12.7. The average Bonchev–Trinajstić information content (AvgIpc) is 2.92. The Morgan fingerprint density at radius 2 is 1.88 bits per heavy atom. The Balaban J connectivity index is 1.69. The van der Waals surface area contributed by atoms with Crippen molar-refractivity contribution in [1.29, 1.82) is 0 Å². The largest absolute Gasteiger partial charge is 0.365 e. The molecule has 0 spiro atoms. The predicted molar refractivity (Wildman–Crippen MR) is 102 cm³/mol. The molecule has 2 aromatic carbocycles. The molecule has 1 amide bonds. The van der Waals surface area contributed by atoms with Crippen LogP contribution in [0.2, 0.25) is 0 Å². The number of halogens is 1. The van der Waals surface area contributed by atoms with Crippen LogP contribution in [0.1, 0.15) is 37.3 Å². The van der Waals surface area contributed by atoms with Crippen molar-refractivity contribution >= 4 is 27.5 Å². The van der Waals surface area contributed by atoms with Crippen molar-refractivity contribution in [2.45, 2.75) is 38.3 Å². The zero-order chi connectivity index (χ0) is 17.9. The highest BCUT2D eigenvalue weighted by Gasteiger charge is 2.44. The van der Waals surface area contributed by atoms with E-state index in [1.165, 1.54) is 10.6 Å². The van der Waals surface area contributed by atoms with E-state index < -0.39 is 5.72 Å². The first-order valence-corrected chi connectivity index (χ1v) is 9.18. The van der Waals surface area contributed by atoms with Gasteiger partial charge in [-0.25, -0.2) is 0 Å². The molecular formula is C20H21BrN2O2. The van der Waals surface area contributed by atoms with E-state index in [9.17, 15) is 9.90 Å². The van der Waals surface area contributed by atoms with Crippen molar-refractivity contribution in [2.75, 3.05) is 0 Å². The Morgan fingerprint density at radius 3 is 2.56 bits per heavy atom. The third-order valence-electron chi connectivity index (χ3n) is 4.37. The summed E-state index contributed by atoms with van der Waals surface area (Å²) < 4.78 is 0.927. The van der Waals surface area contributed by atoms with Gasteiger partial charge in [-0.1, -0.05) is 58.4 Å². The van der Waals surface area contributed by atoms with Gasteiger partial charge in [-0.3, -0.25) is 4.79 Å². The molecule has 1 heterocycles. The first kappa shape index (κ1) is 17.8. The van der Waals surface area contributed by atoms with Crippen molar-refractivity contribution < 1.29 is 9.90 Å². The molecule has 0 saturated heterocycles. The van der Waals surface area contributed by atoms with Gasteiger partial charge in [-0.15, -0.1) is 0 Å². The SMILES string of the molecule is CC1=NN(C(=O)CCCc2ccccc2)C(O)(c2ccc(Br)cc2)C1. The number of benzene rings is 2. The number of nitrogens with zero attached hydrogens (tertiary/aromatic N) is 2. The lowest BCUT2D eigenvalue weighted by Crippen LogP contribution is -2.43. The van der Waals surface area contributed by atoms with E-state index >= 15 is 0 Å². The summed E-state index contributed by atoms with van der Waals surface area (Å²) in [7, 11) is 0. The van der Waals surface area contributed by atoms with Crippen molar-refractivity contribution in [1.82, 2.24) is 5.01 Å². The van der Waals surface area contributed by atoms with Gasteiger partial charge >= 0.3 is 0 Å². The second kappa shape index (κ2) is 7.50. The second-order valence-corrected chi connectivity index (χ2v) is 7.30. The minimum Gasteiger partial charge on any atom is -0.365 e. The minimum absolute atomic E-state index is 0.154. The Labute approximate surface area is 156 Å². The van der Waals surface area contributed by atoms with E-state index in [4.69, 9.17) is 0 Å². The fourth-order valence-corrected chi connectivity index (χ4v) is 3.38. The van der Waals surface area contributed by atoms with E-state index in [0.717, 1.165) is 23.0 Å². The number of hydrazone groups is 1. The van der Waals surface area contributed by atoms with Crippen molar-refractivity contribution in [3.8, 4) is 0 Å². The van der Waals surface area contributed by atoms with Crippen LogP contribution in [0.3, 0.4) is 0 Å². The maximum Gasteiger partial charge on any atom is 0.245 e. The van der Waals surface area contributed by atoms with Crippen LogP contribution in [0.4, 0.5) is 0 Å². The molecular weight excluding hydrogens is 380 g/mol. The van der Waals surface area contributed by atoms with Crippen LogP contribution < -0.4 is 0 Å². The second-order valence-electron chi connectivity index (χ2n) is 6.38. The Kier molecular flexibility index (Phi) is 5.35. The van der Waals surface area contributed by atoms with Crippen LogP contribution in [0.15, 0.2) is 64.2 Å². The number of aryl methyl sites for hydroxylation is 1. The van der Waals surface area contributed by atoms with Gasteiger partial charge in [-0.2, -0.15) is 10.1 Å². The van der Waals surface area contributed by atoms with Gasteiger partial charge in [0.15, 0.2) is 5.72 Å². The molecule has 1 aliphatic heterocycles. The molecule has 0 saturated carbocycles. The van der Waals surface area contributed by atoms with Gasteiger partial charge < -0.3 is 5.11 Å². The number of carbonyl (C=O) groups is 1. The highest BCUT2D eigenvalue weighted by Crippen LogP contribution is 2.36. The van der Waals surface area contributed by atoms with E-state index in [0.29, 0.717) is 18.4 Å². The Hall–Kier alpha value is -1.98. The van der Waals surface area contributed by atoms with E-state index in [1.54, 1.807) is 0 Å². The molecule has 0 aromatic heterocycles. The first-order valence-electron chi connectivity index (χ1n) is 8.38. The lowest BCUT2D eigenvalue weighted by Gasteiger charge is -2.31. The number of hydrogen-bond acceptors (Lipinski definition) is 3. The van der Waals surface area contributed by atoms with Crippen molar-refractivity contribution in [2.24, 2.45) is 5.10 Å². The molecule has 130 valence electrons. The number of aliphatic hydroxyl groups is 1. The lowest BCUT2D eigenvalue weighted by molar-refractivity contribution is -0.157. The molecule has 4 nitrogen and oxygen atoms in total. The summed E-state index contributed by atoms with van der Waals surface area (Å²) in [5.74, 6) is -0.154. The molecule has 3 rings (SSSR count). The monoisotopic (exact) mass is 400 g/mol. The summed E-state index contributed by atoms with van der Waals surface area (Å²) in [6, 6.07) is 17.5. The van der Waals surface area contributed by atoms with Crippen LogP contribution in [-0.4, -0.2) is 21.7 Å². The minimum atomic E-state index is -1.39. The fraction of sp³-hybridized carbons (Fsp3) is 0.300. The summed E-state index contributed by atoms with van der Waals surface area (Å²) >= 11 is 3.39. The van der Waals surface area contributed by atoms with Gasteiger partial charge in [-0.05, 0) is 37.5 Å². The van der Waals surface area contributed by atoms with Crippen LogP contribution in [0.25, 0.3) is 0 Å². The fourth-order valence-electron chi connectivity index (χ4n) is 3.12. The number of carbonyl (C=O) groups excluding carboxylic acids is 1. The summed E-state index contributed by atoms with van der Waals surface area (Å²) in [6.45, 7) is 1.83. The van der Waals surface area contributed by atoms with E-state index in [2.05, 4.69) is 33.2 Å². The standard InChI is InChI=1S/C20H21BrN2O2/c1-15-14-20(25,17-10-12-18(21)13-11-17)23(22-15)19(24)9-5-8-16-6-3-2-4-7-16/h2-4,6-7,10-13,25H,5,8-9,14H2,1H3. The van der Waals surface area contributed by atoms with Gasteiger partial charge in [0.25, 0.3) is 0 Å². The topological polar surface area (TPSA) is 52.9 Å². The van der Waals surface area contributed by atoms with Crippen LogP contribution in [-0.2, 0) is 16.9 Å². The molecule has 1 unspecified atom stereocenters. The number of hydrogen-bond donors (Lipinski definition) is 1. The zero-order valence-electron chi connectivity index (χ0n) is 14.2. The Morgan fingerprint density at radius 1 is 1.20 bits per heavy atom. The first-order chi connectivity index (χ1) is 12.0. The van der Waals surface area contributed by atoms with Crippen LogP contribution in [0, 0.1) is 0 Å². The third-order valence-corrected chi connectivity index (χ3v) is 4.89.